The molecule has 3 heterocycles. The monoisotopic (exact) mass is 411 g/mol. The number of alkyl halides is 1. The summed E-state index contributed by atoms with van der Waals surface area (Å²) < 4.78 is 15.8. The van der Waals surface area contributed by atoms with Crippen molar-refractivity contribution in [2.75, 3.05) is 13.1 Å². The number of carbonyl (C=O) groups is 2. The third-order valence-electron chi connectivity index (χ3n) is 5.34. The van der Waals surface area contributed by atoms with Crippen LogP contribution in [0, 0.1) is 0 Å². The van der Waals surface area contributed by atoms with Crippen LogP contribution in [-0.4, -0.2) is 39.6 Å². The number of halogens is 2. The Labute approximate surface area is 172 Å². The van der Waals surface area contributed by atoms with E-state index in [-0.39, 0.29) is 32.4 Å². The molecule has 148 valence electrons. The van der Waals surface area contributed by atoms with E-state index in [2.05, 4.69) is 9.97 Å². The number of nitrogens with zero attached hydrogens (tertiary/aromatic N) is 3. The molecule has 29 heavy (non-hydrogen) atoms. The summed E-state index contributed by atoms with van der Waals surface area (Å²) >= 11 is 5.78. The second-order valence-corrected chi connectivity index (χ2v) is 7.64. The van der Waals surface area contributed by atoms with Crippen LogP contribution < -0.4 is 0 Å². The number of pyridine rings is 2. The summed E-state index contributed by atoms with van der Waals surface area (Å²) in [4.78, 5) is 34.6. The standard InChI is InChI=1S/C22H19ClFN3O2/c23-15-5-6-16(26-14-15)13-20(28)21(29)27-11-8-22(24,9-12-27)18-7-10-25-19-4-2-1-3-17(18)19/h1-7,10,14H,8-9,11-13H2. The Kier molecular flexibility index (Phi) is 5.28. The summed E-state index contributed by atoms with van der Waals surface area (Å²) in [6.07, 6.45) is 3.23. The van der Waals surface area contributed by atoms with Gasteiger partial charge in [0.2, 0.25) is 5.78 Å². The topological polar surface area (TPSA) is 63.2 Å². The maximum absolute atomic E-state index is 15.8. The summed E-state index contributed by atoms with van der Waals surface area (Å²) in [6, 6.07) is 12.4. The van der Waals surface area contributed by atoms with Crippen molar-refractivity contribution in [1.82, 2.24) is 14.9 Å². The van der Waals surface area contributed by atoms with Gasteiger partial charge in [-0.15, -0.1) is 0 Å². The van der Waals surface area contributed by atoms with Crippen molar-refractivity contribution in [1.29, 1.82) is 0 Å². The lowest BCUT2D eigenvalue weighted by atomic mass is 9.84. The molecule has 1 aliphatic heterocycles. The number of fused-ring (bicyclic) bond motifs is 1. The first kappa shape index (κ1) is 19.5. The Balaban J connectivity index is 1.45. The van der Waals surface area contributed by atoms with Crippen molar-refractivity contribution in [2.24, 2.45) is 0 Å². The number of para-hydroxylation sites is 1. The number of carbonyl (C=O) groups excluding carboxylic acids is 2. The van der Waals surface area contributed by atoms with Crippen molar-refractivity contribution in [3.05, 3.63) is 71.1 Å². The molecule has 0 radical (unpaired) electrons. The van der Waals surface area contributed by atoms with Gasteiger partial charge < -0.3 is 4.90 Å². The minimum absolute atomic E-state index is 0.0950. The largest absolute Gasteiger partial charge is 0.336 e. The SMILES string of the molecule is O=C(Cc1ccc(Cl)cn1)C(=O)N1CCC(F)(c2ccnc3ccccc23)CC1. The molecule has 3 aromatic rings. The number of likely N-dealkylation sites (tertiary alicyclic amines) is 1. The van der Waals surface area contributed by atoms with Crippen LogP contribution in [-0.2, 0) is 21.7 Å². The summed E-state index contributed by atoms with van der Waals surface area (Å²) in [6.45, 7) is 0.373. The quantitative estimate of drug-likeness (QED) is 0.611. The van der Waals surface area contributed by atoms with Crippen LogP contribution >= 0.6 is 11.6 Å². The zero-order valence-electron chi connectivity index (χ0n) is 15.6. The third-order valence-corrected chi connectivity index (χ3v) is 5.57. The lowest BCUT2D eigenvalue weighted by Crippen LogP contribution is -2.46. The van der Waals surface area contributed by atoms with Gasteiger partial charge in [0, 0.05) is 55.0 Å². The van der Waals surface area contributed by atoms with E-state index >= 15 is 4.39 Å². The third kappa shape index (κ3) is 3.98. The molecule has 2 aromatic heterocycles. The predicted octanol–water partition coefficient (Wildman–Crippen LogP) is 3.88. The average Bonchev–Trinajstić information content (AvgIpc) is 2.75. The Morgan fingerprint density at radius 2 is 1.83 bits per heavy atom. The molecule has 4 rings (SSSR count). The van der Waals surface area contributed by atoms with Gasteiger partial charge in [-0.2, -0.15) is 0 Å². The zero-order valence-corrected chi connectivity index (χ0v) is 16.4. The van der Waals surface area contributed by atoms with Crippen LogP contribution in [0.3, 0.4) is 0 Å². The van der Waals surface area contributed by atoms with E-state index in [1.54, 1.807) is 24.4 Å². The highest BCUT2D eigenvalue weighted by molar-refractivity contribution is 6.36. The van der Waals surface area contributed by atoms with E-state index in [4.69, 9.17) is 11.6 Å². The zero-order chi connectivity index (χ0) is 20.4. The van der Waals surface area contributed by atoms with Gasteiger partial charge in [0.1, 0.15) is 5.67 Å². The number of hydrogen-bond acceptors (Lipinski definition) is 4. The van der Waals surface area contributed by atoms with Gasteiger partial charge in [-0.1, -0.05) is 29.8 Å². The van der Waals surface area contributed by atoms with E-state index in [1.807, 2.05) is 24.3 Å². The summed E-state index contributed by atoms with van der Waals surface area (Å²) in [5.74, 6) is -1.15. The molecule has 1 aromatic carbocycles. The smallest absolute Gasteiger partial charge is 0.290 e. The minimum atomic E-state index is -1.56. The predicted molar refractivity (Wildman–Crippen MR) is 108 cm³/mol. The van der Waals surface area contributed by atoms with Crippen molar-refractivity contribution in [2.45, 2.75) is 24.9 Å². The van der Waals surface area contributed by atoms with Crippen LogP contribution in [0.25, 0.3) is 10.9 Å². The Morgan fingerprint density at radius 1 is 1.07 bits per heavy atom. The number of hydrogen-bond donors (Lipinski definition) is 0. The summed E-state index contributed by atoms with van der Waals surface area (Å²) in [5, 5.41) is 1.24. The molecule has 0 aliphatic carbocycles. The second-order valence-electron chi connectivity index (χ2n) is 7.20. The summed E-state index contributed by atoms with van der Waals surface area (Å²) in [7, 11) is 0. The molecule has 0 N–H and O–H groups in total. The highest BCUT2D eigenvalue weighted by Gasteiger charge is 2.39. The molecule has 0 bridgehead atoms. The molecular formula is C22H19ClFN3O2. The summed E-state index contributed by atoms with van der Waals surface area (Å²) in [5.41, 5.74) is 0.256. The maximum atomic E-state index is 15.8. The molecule has 0 atom stereocenters. The van der Waals surface area contributed by atoms with Gasteiger partial charge in [-0.25, -0.2) is 4.39 Å². The Bertz CT molecular complexity index is 1060. The van der Waals surface area contributed by atoms with Crippen molar-refractivity contribution in [3.8, 4) is 0 Å². The van der Waals surface area contributed by atoms with Gasteiger partial charge in [-0.3, -0.25) is 19.6 Å². The van der Waals surface area contributed by atoms with E-state index < -0.39 is 17.4 Å². The normalized spacial score (nSPS) is 16.0. The van der Waals surface area contributed by atoms with E-state index in [9.17, 15) is 9.59 Å². The fourth-order valence-electron chi connectivity index (χ4n) is 3.75. The number of rotatable bonds is 4. The van der Waals surface area contributed by atoms with Crippen molar-refractivity contribution < 1.29 is 14.0 Å². The first-order valence-electron chi connectivity index (χ1n) is 9.42. The Hall–Kier alpha value is -2.86. The molecular weight excluding hydrogens is 393 g/mol. The number of amides is 1. The molecule has 0 saturated carbocycles. The molecule has 0 unspecified atom stereocenters. The van der Waals surface area contributed by atoms with Crippen LogP contribution in [0.1, 0.15) is 24.1 Å². The van der Waals surface area contributed by atoms with Crippen LogP contribution in [0.15, 0.2) is 54.9 Å². The lowest BCUT2D eigenvalue weighted by Gasteiger charge is -2.36. The minimum Gasteiger partial charge on any atom is -0.336 e. The van der Waals surface area contributed by atoms with Gasteiger partial charge >= 0.3 is 0 Å². The number of benzene rings is 1. The van der Waals surface area contributed by atoms with Crippen LogP contribution in [0.2, 0.25) is 5.02 Å². The number of ketones is 1. The number of Topliss-reactive ketones (excluding diaryl/α,β-unsaturated/α-hetero) is 1. The highest BCUT2D eigenvalue weighted by atomic mass is 35.5. The first-order valence-corrected chi connectivity index (χ1v) is 9.80. The van der Waals surface area contributed by atoms with Crippen LogP contribution in [0.5, 0.6) is 0 Å². The van der Waals surface area contributed by atoms with Gasteiger partial charge in [-0.05, 0) is 24.3 Å². The average molecular weight is 412 g/mol. The number of piperidine rings is 1. The fraction of sp³-hybridized carbons (Fsp3) is 0.273. The molecule has 1 saturated heterocycles. The van der Waals surface area contributed by atoms with Crippen molar-refractivity contribution >= 4 is 34.2 Å². The molecule has 0 spiro atoms. The lowest BCUT2D eigenvalue weighted by molar-refractivity contribution is -0.146. The molecule has 1 aliphatic rings. The molecule has 1 amide bonds. The van der Waals surface area contributed by atoms with E-state index in [0.29, 0.717) is 16.3 Å². The van der Waals surface area contributed by atoms with E-state index in [1.165, 1.54) is 11.1 Å². The second kappa shape index (κ2) is 7.87. The van der Waals surface area contributed by atoms with Gasteiger partial charge in [0.05, 0.1) is 17.0 Å². The van der Waals surface area contributed by atoms with Crippen LogP contribution in [0.4, 0.5) is 4.39 Å². The maximum Gasteiger partial charge on any atom is 0.290 e. The molecule has 7 heteroatoms. The van der Waals surface area contributed by atoms with E-state index in [0.717, 1.165) is 10.9 Å². The van der Waals surface area contributed by atoms with Gasteiger partial charge in [0.25, 0.3) is 5.91 Å². The first-order chi connectivity index (χ1) is 14.0. The molecule has 5 nitrogen and oxygen atoms in total. The fourth-order valence-corrected chi connectivity index (χ4v) is 3.86. The number of aromatic nitrogens is 2. The Morgan fingerprint density at radius 3 is 2.55 bits per heavy atom. The van der Waals surface area contributed by atoms with Crippen molar-refractivity contribution in [3.63, 3.8) is 0 Å². The molecule has 1 fully saturated rings. The highest BCUT2D eigenvalue weighted by Crippen LogP contribution is 2.40. The van der Waals surface area contributed by atoms with Gasteiger partial charge in [0.15, 0.2) is 0 Å².